The van der Waals surface area contributed by atoms with Gasteiger partial charge in [0.1, 0.15) is 5.65 Å². The van der Waals surface area contributed by atoms with Crippen LogP contribution < -0.4 is 10.6 Å². The van der Waals surface area contributed by atoms with E-state index in [4.69, 9.17) is 0 Å². The first kappa shape index (κ1) is 17.9. The number of nitrogens with zero attached hydrogens (tertiary/aromatic N) is 3. The summed E-state index contributed by atoms with van der Waals surface area (Å²) in [5.41, 5.74) is 5.71. The Morgan fingerprint density at radius 1 is 1.07 bits per heavy atom. The zero-order valence-electron chi connectivity index (χ0n) is 15.6. The van der Waals surface area contributed by atoms with Crippen molar-refractivity contribution in [3.63, 3.8) is 0 Å². The van der Waals surface area contributed by atoms with E-state index in [0.717, 1.165) is 28.2 Å². The third kappa shape index (κ3) is 3.92. The zero-order chi connectivity index (χ0) is 19.3. The predicted molar refractivity (Wildman–Crippen MR) is 109 cm³/mol. The van der Waals surface area contributed by atoms with Gasteiger partial charge in [-0.1, -0.05) is 18.2 Å². The fourth-order valence-corrected chi connectivity index (χ4v) is 3.13. The average Bonchev–Trinajstić information content (AvgIpc) is 3.13. The van der Waals surface area contributed by atoms with E-state index in [1.165, 1.54) is 0 Å². The maximum atomic E-state index is 12.3. The lowest BCUT2D eigenvalue weighted by molar-refractivity contribution is 0.102. The summed E-state index contributed by atoms with van der Waals surface area (Å²) in [5, 5.41) is 6.37. The van der Waals surface area contributed by atoms with Crippen LogP contribution in [0.5, 0.6) is 0 Å². The molecule has 6 nitrogen and oxygen atoms in total. The van der Waals surface area contributed by atoms with E-state index in [1.807, 2.05) is 42.7 Å². The van der Waals surface area contributed by atoms with Crippen LogP contribution in [0.2, 0.25) is 0 Å². The van der Waals surface area contributed by atoms with Crippen molar-refractivity contribution in [2.24, 2.45) is 0 Å². The molecule has 0 spiro atoms. The number of carbonyl (C=O) groups excluding carboxylic acids is 1. The summed E-state index contributed by atoms with van der Waals surface area (Å²) in [4.78, 5) is 20.7. The van der Waals surface area contributed by atoms with Crippen LogP contribution in [0.15, 0.2) is 73.3 Å². The molecule has 0 saturated heterocycles. The summed E-state index contributed by atoms with van der Waals surface area (Å²) in [6.07, 6.45) is 7.15. The van der Waals surface area contributed by atoms with Gasteiger partial charge in [0, 0.05) is 42.9 Å². The number of aryl methyl sites for hydroxylation is 1. The highest BCUT2D eigenvalue weighted by Crippen LogP contribution is 2.14. The van der Waals surface area contributed by atoms with Crippen LogP contribution in [0.1, 0.15) is 27.2 Å². The minimum Gasteiger partial charge on any atom is -0.322 e. The number of aromatic nitrogens is 3. The Bertz CT molecular complexity index is 1100. The molecule has 3 heterocycles. The number of fused-ring (bicyclic) bond motifs is 1. The molecule has 0 radical (unpaired) electrons. The number of amides is 1. The topological polar surface area (TPSA) is 71.3 Å². The highest BCUT2D eigenvalue weighted by Gasteiger charge is 2.07. The lowest BCUT2D eigenvalue weighted by Crippen LogP contribution is -2.15. The smallest absolute Gasteiger partial charge is 0.255 e. The van der Waals surface area contributed by atoms with Crippen molar-refractivity contribution in [3.8, 4) is 0 Å². The first-order chi connectivity index (χ1) is 13.7. The fourth-order valence-electron chi connectivity index (χ4n) is 3.13. The number of hydrogen-bond donors (Lipinski definition) is 2. The molecular weight excluding hydrogens is 350 g/mol. The Morgan fingerprint density at radius 3 is 2.79 bits per heavy atom. The highest BCUT2D eigenvalue weighted by atomic mass is 16.1. The van der Waals surface area contributed by atoms with Crippen molar-refractivity contribution < 1.29 is 4.79 Å². The fraction of sp³-hybridized carbons (Fsp3) is 0.136. The summed E-state index contributed by atoms with van der Waals surface area (Å²) in [7, 11) is 0. The van der Waals surface area contributed by atoms with Crippen LogP contribution in [-0.2, 0) is 13.1 Å². The maximum absolute atomic E-state index is 12.3. The van der Waals surface area contributed by atoms with Gasteiger partial charge in [-0.15, -0.1) is 0 Å². The number of pyridine rings is 2. The minimum atomic E-state index is -0.145. The highest BCUT2D eigenvalue weighted by molar-refractivity contribution is 6.04. The summed E-state index contributed by atoms with van der Waals surface area (Å²) in [6.45, 7) is 3.46. The number of hydrogen-bond acceptors (Lipinski definition) is 4. The number of benzene rings is 1. The number of nitrogens with one attached hydrogen (secondary N) is 2. The molecule has 1 aromatic carbocycles. The molecule has 4 rings (SSSR count). The molecule has 0 bridgehead atoms. The van der Waals surface area contributed by atoms with Crippen LogP contribution in [0.3, 0.4) is 0 Å². The van der Waals surface area contributed by atoms with Crippen LogP contribution in [0.4, 0.5) is 5.69 Å². The van der Waals surface area contributed by atoms with Gasteiger partial charge in [-0.05, 0) is 48.4 Å². The van der Waals surface area contributed by atoms with Crippen molar-refractivity contribution >= 4 is 17.2 Å². The van der Waals surface area contributed by atoms with Gasteiger partial charge >= 0.3 is 0 Å². The normalized spacial score (nSPS) is 10.9. The van der Waals surface area contributed by atoms with E-state index in [2.05, 4.69) is 38.0 Å². The molecule has 0 fully saturated rings. The monoisotopic (exact) mass is 371 g/mol. The van der Waals surface area contributed by atoms with E-state index in [9.17, 15) is 4.79 Å². The Kier molecular flexibility index (Phi) is 5.12. The SMILES string of the molecule is Cc1cccn2c(CNCc3cccc(NC(=O)c4ccncc4)c3)cnc12. The number of carbonyl (C=O) groups is 1. The van der Waals surface area contributed by atoms with Crippen LogP contribution >= 0.6 is 0 Å². The maximum Gasteiger partial charge on any atom is 0.255 e. The van der Waals surface area contributed by atoms with Gasteiger partial charge in [0.25, 0.3) is 5.91 Å². The third-order valence-corrected chi connectivity index (χ3v) is 4.57. The van der Waals surface area contributed by atoms with Crippen molar-refractivity contribution in [3.05, 3.63) is 95.7 Å². The third-order valence-electron chi connectivity index (χ3n) is 4.57. The van der Waals surface area contributed by atoms with Gasteiger partial charge in [-0.3, -0.25) is 9.78 Å². The van der Waals surface area contributed by atoms with E-state index in [1.54, 1.807) is 24.5 Å². The Balaban J connectivity index is 1.38. The molecule has 28 heavy (non-hydrogen) atoms. The summed E-state index contributed by atoms with van der Waals surface area (Å²) in [5.74, 6) is -0.145. The first-order valence-corrected chi connectivity index (χ1v) is 9.13. The largest absolute Gasteiger partial charge is 0.322 e. The van der Waals surface area contributed by atoms with Gasteiger partial charge in [0.15, 0.2) is 0 Å². The second-order valence-corrected chi connectivity index (χ2v) is 6.63. The van der Waals surface area contributed by atoms with Gasteiger partial charge in [-0.25, -0.2) is 4.98 Å². The Hall–Kier alpha value is -3.51. The molecule has 0 unspecified atom stereocenters. The van der Waals surface area contributed by atoms with E-state index in [-0.39, 0.29) is 5.91 Å². The number of anilines is 1. The number of imidazole rings is 1. The lowest BCUT2D eigenvalue weighted by Gasteiger charge is -2.09. The standard InChI is InChI=1S/C22H21N5O/c1-16-4-3-11-27-20(15-25-21(16)27)14-24-13-17-5-2-6-19(12-17)26-22(28)18-7-9-23-10-8-18/h2-12,15,24H,13-14H2,1H3,(H,26,28). The van der Waals surface area contributed by atoms with Crippen molar-refractivity contribution in [1.29, 1.82) is 0 Å². The molecule has 0 aliphatic rings. The molecule has 3 aromatic heterocycles. The molecule has 6 heteroatoms. The second kappa shape index (κ2) is 8.02. The molecule has 0 atom stereocenters. The lowest BCUT2D eigenvalue weighted by atomic mass is 10.2. The summed E-state index contributed by atoms with van der Waals surface area (Å²) < 4.78 is 2.10. The van der Waals surface area contributed by atoms with Crippen molar-refractivity contribution in [2.45, 2.75) is 20.0 Å². The minimum absolute atomic E-state index is 0.145. The van der Waals surface area contributed by atoms with Gasteiger partial charge < -0.3 is 15.0 Å². The van der Waals surface area contributed by atoms with Crippen molar-refractivity contribution in [2.75, 3.05) is 5.32 Å². The Morgan fingerprint density at radius 2 is 1.93 bits per heavy atom. The molecule has 0 aliphatic heterocycles. The van der Waals surface area contributed by atoms with E-state index < -0.39 is 0 Å². The van der Waals surface area contributed by atoms with Gasteiger partial charge in [-0.2, -0.15) is 0 Å². The first-order valence-electron chi connectivity index (χ1n) is 9.13. The van der Waals surface area contributed by atoms with Crippen LogP contribution in [0, 0.1) is 6.92 Å². The average molecular weight is 371 g/mol. The summed E-state index contributed by atoms with van der Waals surface area (Å²) >= 11 is 0. The second-order valence-electron chi connectivity index (χ2n) is 6.63. The molecule has 0 saturated carbocycles. The van der Waals surface area contributed by atoms with Crippen LogP contribution in [0.25, 0.3) is 5.65 Å². The molecule has 140 valence electrons. The number of rotatable bonds is 6. The van der Waals surface area contributed by atoms with Crippen molar-refractivity contribution in [1.82, 2.24) is 19.7 Å². The molecule has 0 aliphatic carbocycles. The molecular formula is C22H21N5O. The van der Waals surface area contributed by atoms with Crippen LogP contribution in [-0.4, -0.2) is 20.3 Å². The summed E-state index contributed by atoms with van der Waals surface area (Å²) in [6, 6.07) is 15.3. The van der Waals surface area contributed by atoms with Gasteiger partial charge in [0.2, 0.25) is 0 Å². The quantitative estimate of drug-likeness (QED) is 0.543. The molecule has 4 aromatic rings. The van der Waals surface area contributed by atoms with E-state index in [0.29, 0.717) is 18.7 Å². The zero-order valence-corrected chi connectivity index (χ0v) is 15.6. The van der Waals surface area contributed by atoms with E-state index >= 15 is 0 Å². The van der Waals surface area contributed by atoms with Gasteiger partial charge in [0.05, 0.1) is 11.9 Å². The Labute approximate surface area is 163 Å². The molecule has 2 N–H and O–H groups in total. The predicted octanol–water partition coefficient (Wildman–Crippen LogP) is 3.58. The molecule has 1 amide bonds.